The third kappa shape index (κ3) is 6.64. The Labute approximate surface area is 150 Å². The number of aryl methyl sites for hydroxylation is 1. The Bertz CT molecular complexity index is 495. The van der Waals surface area contributed by atoms with Crippen molar-refractivity contribution >= 4 is 21.6 Å². The average Bonchev–Trinajstić information content (AvgIpc) is 2.89. The van der Waals surface area contributed by atoms with Gasteiger partial charge >= 0.3 is 0 Å². The largest absolute Gasteiger partial charge is 1.00 e. The SMILES string of the molecule is CCCCCCCCCCC[n+]1csc2ccccc21.[I-]. The molecule has 0 saturated heterocycles. The summed E-state index contributed by atoms with van der Waals surface area (Å²) in [7, 11) is 0. The van der Waals surface area contributed by atoms with Crippen LogP contribution < -0.4 is 28.5 Å². The molecule has 0 atom stereocenters. The highest BCUT2D eigenvalue weighted by atomic mass is 127. The van der Waals surface area contributed by atoms with Crippen LogP contribution in [-0.2, 0) is 6.54 Å². The number of unbranched alkanes of at least 4 members (excludes halogenated alkanes) is 8. The van der Waals surface area contributed by atoms with Gasteiger partial charge < -0.3 is 24.0 Å². The molecule has 1 heterocycles. The van der Waals surface area contributed by atoms with Gasteiger partial charge in [0.1, 0.15) is 11.2 Å². The zero-order chi connectivity index (χ0) is 14.0. The predicted molar refractivity (Wildman–Crippen MR) is 89.2 cm³/mol. The summed E-state index contributed by atoms with van der Waals surface area (Å²) in [4.78, 5) is 0. The van der Waals surface area contributed by atoms with E-state index in [0.717, 1.165) is 0 Å². The van der Waals surface area contributed by atoms with E-state index in [4.69, 9.17) is 0 Å². The highest BCUT2D eigenvalue weighted by Crippen LogP contribution is 2.15. The minimum absolute atomic E-state index is 0. The standard InChI is InChI=1S/C18H28NS.HI/c1-2-3-4-5-6-7-8-9-12-15-19-16-20-18-14-11-10-13-17(18)19;/h10-11,13-14,16H,2-9,12,15H2,1H3;1H/q+1;/p-1. The fourth-order valence-corrected chi connectivity index (χ4v) is 3.66. The van der Waals surface area contributed by atoms with E-state index in [1.807, 2.05) is 11.3 Å². The molecule has 1 nitrogen and oxygen atoms in total. The minimum atomic E-state index is 0. The number of rotatable bonds is 10. The van der Waals surface area contributed by atoms with E-state index in [1.165, 1.54) is 74.5 Å². The van der Waals surface area contributed by atoms with Gasteiger partial charge in [-0.05, 0) is 12.5 Å². The van der Waals surface area contributed by atoms with E-state index >= 15 is 0 Å². The number of aromatic nitrogens is 1. The first-order valence-electron chi connectivity index (χ1n) is 8.27. The van der Waals surface area contributed by atoms with Crippen molar-refractivity contribution in [2.75, 3.05) is 0 Å². The molecule has 2 aromatic rings. The summed E-state index contributed by atoms with van der Waals surface area (Å²) < 4.78 is 3.82. The third-order valence-corrected chi connectivity index (χ3v) is 4.94. The molecule has 3 heteroatoms. The Balaban J connectivity index is 0.00000220. The molecular weight excluding hydrogens is 389 g/mol. The molecule has 0 fully saturated rings. The van der Waals surface area contributed by atoms with Crippen molar-refractivity contribution in [1.29, 1.82) is 0 Å². The van der Waals surface area contributed by atoms with Gasteiger partial charge in [-0.25, -0.2) is 0 Å². The Morgan fingerprint density at radius 3 is 2.19 bits per heavy atom. The van der Waals surface area contributed by atoms with E-state index in [1.54, 1.807) is 0 Å². The van der Waals surface area contributed by atoms with E-state index in [9.17, 15) is 0 Å². The van der Waals surface area contributed by atoms with Crippen LogP contribution in [0.5, 0.6) is 0 Å². The Hall–Kier alpha value is -0.160. The van der Waals surface area contributed by atoms with Crippen molar-refractivity contribution in [3.05, 3.63) is 29.8 Å². The summed E-state index contributed by atoms with van der Waals surface area (Å²) in [6.45, 7) is 3.46. The smallest absolute Gasteiger partial charge is 0.225 e. The van der Waals surface area contributed by atoms with Crippen LogP contribution in [-0.4, -0.2) is 0 Å². The lowest BCUT2D eigenvalue weighted by Gasteiger charge is -2.00. The molecule has 0 aliphatic carbocycles. The number of fused-ring (bicyclic) bond motifs is 1. The zero-order valence-corrected chi connectivity index (χ0v) is 16.2. The van der Waals surface area contributed by atoms with E-state index in [-0.39, 0.29) is 24.0 Å². The van der Waals surface area contributed by atoms with Gasteiger partial charge in [0.2, 0.25) is 11.0 Å². The summed E-state index contributed by atoms with van der Waals surface area (Å²) >= 11 is 1.86. The molecule has 0 spiro atoms. The number of nitrogens with zero attached hydrogens (tertiary/aromatic N) is 1. The number of hydrogen-bond acceptors (Lipinski definition) is 1. The van der Waals surface area contributed by atoms with Crippen molar-refractivity contribution in [2.24, 2.45) is 0 Å². The first-order valence-corrected chi connectivity index (χ1v) is 9.15. The van der Waals surface area contributed by atoms with Gasteiger partial charge in [-0.3, -0.25) is 0 Å². The van der Waals surface area contributed by atoms with Gasteiger partial charge in [0.25, 0.3) is 0 Å². The zero-order valence-electron chi connectivity index (χ0n) is 13.2. The predicted octanol–water partition coefficient (Wildman–Crippen LogP) is 2.72. The number of thiazole rings is 1. The highest BCUT2D eigenvalue weighted by Gasteiger charge is 2.09. The van der Waals surface area contributed by atoms with Crippen LogP contribution in [0.4, 0.5) is 0 Å². The molecule has 0 radical (unpaired) electrons. The topological polar surface area (TPSA) is 3.88 Å². The van der Waals surface area contributed by atoms with Crippen LogP contribution in [0, 0.1) is 0 Å². The summed E-state index contributed by atoms with van der Waals surface area (Å²) in [5.41, 5.74) is 3.67. The van der Waals surface area contributed by atoms with Gasteiger partial charge in [0.15, 0.2) is 0 Å². The van der Waals surface area contributed by atoms with Crippen molar-refractivity contribution in [2.45, 2.75) is 71.3 Å². The fourth-order valence-electron chi connectivity index (χ4n) is 2.74. The Morgan fingerprint density at radius 1 is 0.857 bits per heavy atom. The van der Waals surface area contributed by atoms with Crippen LogP contribution >= 0.6 is 11.3 Å². The molecule has 1 aromatic carbocycles. The lowest BCUT2D eigenvalue weighted by atomic mass is 10.1. The first-order chi connectivity index (χ1) is 9.92. The van der Waals surface area contributed by atoms with Gasteiger partial charge in [0.05, 0.1) is 0 Å². The molecule has 0 saturated carbocycles. The summed E-state index contributed by atoms with van der Waals surface area (Å²) in [5, 5.41) is 0. The van der Waals surface area contributed by atoms with Crippen molar-refractivity contribution < 1.29 is 28.5 Å². The normalized spacial score (nSPS) is 10.7. The minimum Gasteiger partial charge on any atom is -1.00 e. The van der Waals surface area contributed by atoms with Crippen LogP contribution in [0.3, 0.4) is 0 Å². The summed E-state index contributed by atoms with van der Waals surface area (Å²) in [6, 6.07) is 8.72. The van der Waals surface area contributed by atoms with Crippen molar-refractivity contribution in [3.8, 4) is 0 Å². The Kier molecular flexibility index (Phi) is 10.3. The summed E-state index contributed by atoms with van der Waals surface area (Å²) in [5.74, 6) is 0. The van der Waals surface area contributed by atoms with Gasteiger partial charge in [-0.15, -0.1) is 0 Å². The molecule has 2 rings (SSSR count). The number of para-hydroxylation sites is 1. The molecule has 0 unspecified atom stereocenters. The molecule has 0 N–H and O–H groups in total. The second-order valence-corrected chi connectivity index (χ2v) is 6.60. The molecule has 0 aliphatic rings. The van der Waals surface area contributed by atoms with E-state index in [2.05, 4.69) is 41.3 Å². The molecular formula is C18H28INS. The third-order valence-electron chi connectivity index (χ3n) is 3.98. The van der Waals surface area contributed by atoms with Crippen molar-refractivity contribution in [3.63, 3.8) is 0 Å². The quantitative estimate of drug-likeness (QED) is 0.318. The molecule has 1 aromatic heterocycles. The van der Waals surface area contributed by atoms with Crippen LogP contribution in [0.2, 0.25) is 0 Å². The van der Waals surface area contributed by atoms with Gasteiger partial charge in [0, 0.05) is 12.5 Å². The van der Waals surface area contributed by atoms with E-state index < -0.39 is 0 Å². The number of benzene rings is 1. The average molecular weight is 417 g/mol. The lowest BCUT2D eigenvalue weighted by molar-refractivity contribution is -0.667. The van der Waals surface area contributed by atoms with Crippen LogP contribution in [0.1, 0.15) is 64.7 Å². The van der Waals surface area contributed by atoms with Crippen LogP contribution in [0.25, 0.3) is 10.2 Å². The number of hydrogen-bond donors (Lipinski definition) is 0. The van der Waals surface area contributed by atoms with Crippen LogP contribution in [0.15, 0.2) is 29.8 Å². The number of halogens is 1. The second kappa shape index (κ2) is 11.4. The van der Waals surface area contributed by atoms with E-state index in [0.29, 0.717) is 0 Å². The Morgan fingerprint density at radius 2 is 1.48 bits per heavy atom. The maximum Gasteiger partial charge on any atom is 0.225 e. The highest BCUT2D eigenvalue weighted by molar-refractivity contribution is 7.16. The fraction of sp³-hybridized carbons (Fsp3) is 0.611. The lowest BCUT2D eigenvalue weighted by Crippen LogP contribution is -3.00. The monoisotopic (exact) mass is 417 g/mol. The maximum absolute atomic E-state index is 2.42. The molecule has 118 valence electrons. The molecule has 21 heavy (non-hydrogen) atoms. The first kappa shape index (κ1) is 18.9. The molecule has 0 bridgehead atoms. The second-order valence-electron chi connectivity index (χ2n) is 5.71. The molecule has 0 aliphatic heterocycles. The van der Waals surface area contributed by atoms with Gasteiger partial charge in [-0.2, -0.15) is 4.57 Å². The van der Waals surface area contributed by atoms with Crippen molar-refractivity contribution in [1.82, 2.24) is 0 Å². The molecule has 0 amide bonds. The summed E-state index contributed by atoms with van der Waals surface area (Å²) in [6.07, 6.45) is 12.6. The van der Waals surface area contributed by atoms with Gasteiger partial charge in [-0.1, -0.05) is 75.3 Å². The maximum atomic E-state index is 2.42.